The van der Waals surface area contributed by atoms with Gasteiger partial charge in [-0.15, -0.1) is 0 Å². The fourth-order valence-electron chi connectivity index (χ4n) is 3.35. The first kappa shape index (κ1) is 22.6. The van der Waals surface area contributed by atoms with Crippen LogP contribution in [0.15, 0.2) is 48.5 Å². The predicted octanol–water partition coefficient (Wildman–Crippen LogP) is 4.12. The van der Waals surface area contributed by atoms with Gasteiger partial charge in [0.05, 0.1) is 12.6 Å². The van der Waals surface area contributed by atoms with E-state index in [0.29, 0.717) is 5.92 Å². The van der Waals surface area contributed by atoms with Crippen molar-refractivity contribution < 1.29 is 9.59 Å². The highest BCUT2D eigenvalue weighted by Crippen LogP contribution is 2.22. The Balaban J connectivity index is 1.91. The predicted molar refractivity (Wildman–Crippen MR) is 119 cm³/mol. The third kappa shape index (κ3) is 7.02. The van der Waals surface area contributed by atoms with E-state index in [9.17, 15) is 9.59 Å². The first-order valence-electron chi connectivity index (χ1n) is 10.2. The standard InChI is InChI=1S/C24H33N3O2/c1-16(2)14-21(20-12-7-6-8-13-20)26-19(5)24(29)25-15-22(28)27-23-17(3)10-9-11-18(23)4/h6-13,16,19,21,26H,14-15H2,1-5H3,(H,25,29)(H,27,28)/t19-,21+/m0/s1. The normalized spacial score (nSPS) is 13.0. The SMILES string of the molecule is Cc1cccc(C)c1NC(=O)CNC(=O)[C@H](C)N[C@H](CC(C)C)c1ccccc1. The lowest BCUT2D eigenvalue weighted by atomic mass is 9.96. The van der Waals surface area contributed by atoms with Gasteiger partial charge in [-0.25, -0.2) is 0 Å². The molecule has 0 radical (unpaired) electrons. The summed E-state index contributed by atoms with van der Waals surface area (Å²) in [6.45, 7) is 10.0. The second kappa shape index (κ2) is 10.8. The molecule has 0 aliphatic heterocycles. The lowest BCUT2D eigenvalue weighted by Gasteiger charge is -2.25. The third-order valence-corrected chi connectivity index (χ3v) is 4.92. The van der Waals surface area contributed by atoms with Crippen molar-refractivity contribution in [3.63, 3.8) is 0 Å². The first-order chi connectivity index (χ1) is 13.8. The number of para-hydroxylation sites is 1. The van der Waals surface area contributed by atoms with Gasteiger partial charge in [0.1, 0.15) is 0 Å². The average molecular weight is 396 g/mol. The monoisotopic (exact) mass is 395 g/mol. The minimum Gasteiger partial charge on any atom is -0.346 e. The Morgan fingerprint density at radius 2 is 1.52 bits per heavy atom. The Labute approximate surface area is 174 Å². The number of nitrogens with one attached hydrogen (secondary N) is 3. The molecule has 0 unspecified atom stereocenters. The molecule has 5 heteroatoms. The summed E-state index contributed by atoms with van der Waals surface area (Å²) in [6, 6.07) is 15.7. The van der Waals surface area contributed by atoms with Crippen molar-refractivity contribution in [2.45, 2.75) is 53.1 Å². The van der Waals surface area contributed by atoms with Crippen LogP contribution in [0.25, 0.3) is 0 Å². The maximum atomic E-state index is 12.5. The lowest BCUT2D eigenvalue weighted by Crippen LogP contribution is -2.46. The molecule has 5 nitrogen and oxygen atoms in total. The van der Waals surface area contributed by atoms with E-state index in [4.69, 9.17) is 0 Å². The first-order valence-corrected chi connectivity index (χ1v) is 10.2. The van der Waals surface area contributed by atoms with Gasteiger partial charge < -0.3 is 10.6 Å². The van der Waals surface area contributed by atoms with E-state index >= 15 is 0 Å². The zero-order chi connectivity index (χ0) is 21.4. The summed E-state index contributed by atoms with van der Waals surface area (Å²) in [7, 11) is 0. The molecule has 2 aromatic rings. The van der Waals surface area contributed by atoms with Crippen molar-refractivity contribution in [3.8, 4) is 0 Å². The number of carbonyl (C=O) groups excluding carboxylic acids is 2. The van der Waals surface area contributed by atoms with E-state index in [1.165, 1.54) is 0 Å². The maximum absolute atomic E-state index is 12.5. The Morgan fingerprint density at radius 1 is 0.897 bits per heavy atom. The van der Waals surface area contributed by atoms with E-state index in [-0.39, 0.29) is 24.4 Å². The fraction of sp³-hybridized carbons (Fsp3) is 0.417. The van der Waals surface area contributed by atoms with Crippen molar-refractivity contribution in [2.24, 2.45) is 5.92 Å². The van der Waals surface area contributed by atoms with Crippen LogP contribution in [0, 0.1) is 19.8 Å². The summed E-state index contributed by atoms with van der Waals surface area (Å²) in [5, 5.41) is 9.04. The van der Waals surface area contributed by atoms with Gasteiger partial charge in [-0.2, -0.15) is 0 Å². The average Bonchev–Trinajstić information content (AvgIpc) is 2.68. The fourth-order valence-corrected chi connectivity index (χ4v) is 3.35. The summed E-state index contributed by atoms with van der Waals surface area (Å²) in [6.07, 6.45) is 0.925. The summed E-state index contributed by atoms with van der Waals surface area (Å²) in [4.78, 5) is 24.8. The lowest BCUT2D eigenvalue weighted by molar-refractivity contribution is -0.125. The number of aryl methyl sites for hydroxylation is 2. The highest BCUT2D eigenvalue weighted by Gasteiger charge is 2.20. The van der Waals surface area contributed by atoms with Gasteiger partial charge in [0.15, 0.2) is 0 Å². The summed E-state index contributed by atoms with van der Waals surface area (Å²) in [5.74, 6) is 0.0715. The Morgan fingerprint density at radius 3 is 2.10 bits per heavy atom. The molecule has 2 rings (SSSR count). The molecule has 2 aromatic carbocycles. The molecule has 0 aromatic heterocycles. The zero-order valence-electron chi connectivity index (χ0n) is 18.1. The molecule has 0 spiro atoms. The molecule has 0 fully saturated rings. The van der Waals surface area contributed by atoms with E-state index in [1.807, 2.05) is 57.2 Å². The second-order valence-corrected chi connectivity index (χ2v) is 8.01. The molecule has 0 heterocycles. The summed E-state index contributed by atoms with van der Waals surface area (Å²) in [5.41, 5.74) is 3.96. The van der Waals surface area contributed by atoms with Crippen LogP contribution < -0.4 is 16.0 Å². The molecule has 0 saturated heterocycles. The van der Waals surface area contributed by atoms with E-state index < -0.39 is 6.04 Å². The number of rotatable bonds is 9. The van der Waals surface area contributed by atoms with Crippen LogP contribution in [0.2, 0.25) is 0 Å². The topological polar surface area (TPSA) is 70.2 Å². The highest BCUT2D eigenvalue weighted by atomic mass is 16.2. The van der Waals surface area contributed by atoms with Gasteiger partial charge in [0.2, 0.25) is 11.8 Å². The Kier molecular flexibility index (Phi) is 8.40. The van der Waals surface area contributed by atoms with Crippen molar-refractivity contribution in [2.75, 3.05) is 11.9 Å². The van der Waals surface area contributed by atoms with E-state index in [0.717, 1.165) is 28.8 Å². The number of benzene rings is 2. The maximum Gasteiger partial charge on any atom is 0.243 e. The van der Waals surface area contributed by atoms with Crippen LogP contribution in [-0.2, 0) is 9.59 Å². The van der Waals surface area contributed by atoms with Gasteiger partial charge in [0, 0.05) is 11.7 Å². The Bertz CT molecular complexity index is 798. The minimum absolute atomic E-state index is 0.0567. The van der Waals surface area contributed by atoms with E-state index in [1.54, 1.807) is 0 Å². The molecule has 29 heavy (non-hydrogen) atoms. The van der Waals surface area contributed by atoms with Crippen molar-refractivity contribution in [3.05, 3.63) is 65.2 Å². The van der Waals surface area contributed by atoms with Crippen LogP contribution in [0.5, 0.6) is 0 Å². The second-order valence-electron chi connectivity index (χ2n) is 8.01. The number of hydrogen-bond donors (Lipinski definition) is 3. The van der Waals surface area contributed by atoms with Crippen LogP contribution >= 0.6 is 0 Å². The molecule has 156 valence electrons. The third-order valence-electron chi connectivity index (χ3n) is 4.92. The van der Waals surface area contributed by atoms with Crippen molar-refractivity contribution in [1.82, 2.24) is 10.6 Å². The number of anilines is 1. The molecule has 0 saturated carbocycles. The molecular weight excluding hydrogens is 362 g/mol. The smallest absolute Gasteiger partial charge is 0.243 e. The minimum atomic E-state index is -0.410. The summed E-state index contributed by atoms with van der Waals surface area (Å²) < 4.78 is 0. The molecule has 3 N–H and O–H groups in total. The number of hydrogen-bond acceptors (Lipinski definition) is 3. The highest BCUT2D eigenvalue weighted by molar-refractivity contribution is 5.96. The molecule has 2 atom stereocenters. The van der Waals surface area contributed by atoms with Crippen LogP contribution in [0.4, 0.5) is 5.69 Å². The zero-order valence-corrected chi connectivity index (χ0v) is 18.1. The van der Waals surface area contributed by atoms with Gasteiger partial charge in [-0.3, -0.25) is 14.9 Å². The van der Waals surface area contributed by atoms with Crippen LogP contribution in [-0.4, -0.2) is 24.4 Å². The Hall–Kier alpha value is -2.66. The van der Waals surface area contributed by atoms with Gasteiger partial charge in [-0.05, 0) is 49.8 Å². The molecule has 0 aliphatic carbocycles. The largest absolute Gasteiger partial charge is 0.346 e. The summed E-state index contributed by atoms with van der Waals surface area (Å²) >= 11 is 0. The number of amides is 2. The van der Waals surface area contributed by atoms with Crippen LogP contribution in [0.1, 0.15) is 49.9 Å². The van der Waals surface area contributed by atoms with Crippen molar-refractivity contribution in [1.29, 1.82) is 0 Å². The molecule has 0 bridgehead atoms. The quantitative estimate of drug-likeness (QED) is 0.598. The van der Waals surface area contributed by atoms with Gasteiger partial charge >= 0.3 is 0 Å². The van der Waals surface area contributed by atoms with E-state index in [2.05, 4.69) is 41.9 Å². The molecular formula is C24H33N3O2. The van der Waals surface area contributed by atoms with Crippen LogP contribution in [0.3, 0.4) is 0 Å². The van der Waals surface area contributed by atoms with Gasteiger partial charge in [-0.1, -0.05) is 62.4 Å². The molecule has 0 aliphatic rings. The van der Waals surface area contributed by atoms with Gasteiger partial charge in [0.25, 0.3) is 0 Å². The number of carbonyl (C=O) groups is 2. The molecule has 2 amide bonds. The van der Waals surface area contributed by atoms with Crippen molar-refractivity contribution >= 4 is 17.5 Å².